The van der Waals surface area contributed by atoms with E-state index < -0.39 is 28.5 Å². The zero-order chi connectivity index (χ0) is 30.0. The third-order valence-electron chi connectivity index (χ3n) is 6.78. The number of carbonyl (C=O) groups excluding carboxylic acids is 2. The molecule has 0 saturated carbocycles. The Balaban J connectivity index is 2.01. The van der Waals surface area contributed by atoms with Crippen LogP contribution in [0, 0.1) is 12.8 Å². The van der Waals surface area contributed by atoms with E-state index in [0.29, 0.717) is 30.8 Å². The third-order valence-corrected chi connectivity index (χ3v) is 8.57. The molecule has 41 heavy (non-hydrogen) atoms. The first kappa shape index (κ1) is 31.7. The zero-order valence-corrected chi connectivity index (χ0v) is 25.4. The first-order valence-corrected chi connectivity index (χ1v) is 15.3. The maximum Gasteiger partial charge on any atom is 0.264 e. The van der Waals surface area contributed by atoms with Crippen molar-refractivity contribution in [3.63, 3.8) is 0 Å². The highest BCUT2D eigenvalue weighted by Crippen LogP contribution is 2.27. The van der Waals surface area contributed by atoms with E-state index in [4.69, 9.17) is 4.74 Å². The van der Waals surface area contributed by atoms with Crippen molar-refractivity contribution in [3.05, 3.63) is 90.0 Å². The van der Waals surface area contributed by atoms with Crippen molar-refractivity contribution in [2.45, 2.75) is 51.5 Å². The van der Waals surface area contributed by atoms with Crippen LogP contribution in [-0.2, 0) is 26.0 Å². The lowest BCUT2D eigenvalue weighted by Gasteiger charge is -2.33. The van der Waals surface area contributed by atoms with Gasteiger partial charge in [-0.1, -0.05) is 74.9 Å². The summed E-state index contributed by atoms with van der Waals surface area (Å²) in [6.45, 7) is 7.99. The number of rotatable bonds is 14. The average molecular weight is 580 g/mol. The molecular formula is C32H41N3O5S. The fourth-order valence-electron chi connectivity index (χ4n) is 4.45. The highest BCUT2D eigenvalue weighted by atomic mass is 32.2. The second-order valence-corrected chi connectivity index (χ2v) is 12.3. The second-order valence-electron chi connectivity index (χ2n) is 10.4. The highest BCUT2D eigenvalue weighted by Gasteiger charge is 2.33. The molecule has 3 rings (SSSR count). The summed E-state index contributed by atoms with van der Waals surface area (Å²) in [7, 11) is -2.64. The number of nitrogens with one attached hydrogen (secondary N) is 1. The van der Waals surface area contributed by atoms with E-state index in [1.165, 1.54) is 24.1 Å². The Labute approximate surface area is 244 Å². The Hall–Kier alpha value is -3.85. The summed E-state index contributed by atoms with van der Waals surface area (Å²) in [6, 6.07) is 22.0. The number of aryl methyl sites for hydroxylation is 1. The fourth-order valence-corrected chi connectivity index (χ4v) is 5.86. The number of hydrogen-bond donors (Lipinski definition) is 1. The summed E-state index contributed by atoms with van der Waals surface area (Å²) in [5, 5.41) is 2.95. The molecule has 0 heterocycles. The molecule has 0 radical (unpaired) electrons. The zero-order valence-electron chi connectivity index (χ0n) is 24.5. The van der Waals surface area contributed by atoms with Crippen LogP contribution < -0.4 is 14.4 Å². The van der Waals surface area contributed by atoms with E-state index in [9.17, 15) is 18.0 Å². The van der Waals surface area contributed by atoms with Crippen LogP contribution in [0.5, 0.6) is 5.75 Å². The molecule has 0 saturated heterocycles. The molecule has 2 amide bonds. The van der Waals surface area contributed by atoms with Gasteiger partial charge in [0.25, 0.3) is 10.0 Å². The molecule has 0 fully saturated rings. The van der Waals surface area contributed by atoms with Crippen LogP contribution in [0.4, 0.5) is 5.69 Å². The fraction of sp³-hybridized carbons (Fsp3) is 0.375. The first-order chi connectivity index (χ1) is 19.6. The highest BCUT2D eigenvalue weighted by molar-refractivity contribution is 7.92. The molecule has 9 heteroatoms. The van der Waals surface area contributed by atoms with Crippen molar-refractivity contribution in [1.82, 2.24) is 10.2 Å². The molecule has 8 nitrogen and oxygen atoms in total. The van der Waals surface area contributed by atoms with Crippen LogP contribution in [0.15, 0.2) is 83.8 Å². The molecule has 0 aliphatic heterocycles. The third kappa shape index (κ3) is 8.57. The maximum absolute atomic E-state index is 14.1. The van der Waals surface area contributed by atoms with Crippen molar-refractivity contribution >= 4 is 27.5 Å². The van der Waals surface area contributed by atoms with Gasteiger partial charge in [0.1, 0.15) is 18.3 Å². The lowest BCUT2D eigenvalue weighted by molar-refractivity contribution is -0.139. The van der Waals surface area contributed by atoms with Crippen molar-refractivity contribution in [2.75, 3.05) is 31.0 Å². The molecule has 1 N–H and O–H groups in total. The SMILES string of the molecule is CCC(C(=O)NCC(C)C)N(CCc1ccccc1)C(=O)CN(c1cccc(OC)c1)S(=O)(=O)c1ccc(C)cc1. The van der Waals surface area contributed by atoms with Gasteiger partial charge in [0.05, 0.1) is 17.7 Å². The number of amides is 2. The molecule has 1 unspecified atom stereocenters. The molecule has 220 valence electrons. The van der Waals surface area contributed by atoms with Crippen molar-refractivity contribution in [3.8, 4) is 5.75 Å². The molecule has 3 aromatic rings. The van der Waals surface area contributed by atoms with Crippen molar-refractivity contribution in [1.29, 1.82) is 0 Å². The van der Waals surface area contributed by atoms with E-state index in [-0.39, 0.29) is 23.3 Å². The Kier molecular flexibility index (Phi) is 11.3. The molecule has 0 bridgehead atoms. The van der Waals surface area contributed by atoms with Crippen LogP contribution in [0.2, 0.25) is 0 Å². The smallest absolute Gasteiger partial charge is 0.264 e. The molecule has 3 aromatic carbocycles. The normalized spacial score (nSPS) is 12.0. The lowest BCUT2D eigenvalue weighted by atomic mass is 10.1. The number of ether oxygens (including phenoxy) is 1. The minimum absolute atomic E-state index is 0.0660. The van der Waals surface area contributed by atoms with Crippen LogP contribution >= 0.6 is 0 Å². The van der Waals surface area contributed by atoms with E-state index in [1.54, 1.807) is 36.4 Å². The summed E-state index contributed by atoms with van der Waals surface area (Å²) in [4.78, 5) is 28.9. The van der Waals surface area contributed by atoms with Gasteiger partial charge in [-0.25, -0.2) is 8.42 Å². The minimum atomic E-state index is -4.14. The van der Waals surface area contributed by atoms with Crippen LogP contribution in [0.3, 0.4) is 0 Å². The van der Waals surface area contributed by atoms with Gasteiger partial charge in [-0.05, 0) is 55.5 Å². The van der Waals surface area contributed by atoms with Gasteiger partial charge in [0, 0.05) is 19.2 Å². The number of hydrogen-bond acceptors (Lipinski definition) is 5. The number of sulfonamides is 1. The summed E-state index contributed by atoms with van der Waals surface area (Å²) >= 11 is 0. The van der Waals surface area contributed by atoms with Gasteiger partial charge in [-0.3, -0.25) is 13.9 Å². The lowest BCUT2D eigenvalue weighted by Crippen LogP contribution is -2.53. The van der Waals surface area contributed by atoms with Gasteiger partial charge in [0.15, 0.2) is 0 Å². The van der Waals surface area contributed by atoms with Gasteiger partial charge < -0.3 is 15.0 Å². The molecule has 0 aliphatic rings. The van der Waals surface area contributed by atoms with E-state index in [0.717, 1.165) is 15.4 Å². The predicted octanol–water partition coefficient (Wildman–Crippen LogP) is 4.82. The predicted molar refractivity (Wildman–Crippen MR) is 162 cm³/mol. The van der Waals surface area contributed by atoms with Crippen LogP contribution in [0.1, 0.15) is 38.3 Å². The molecular weight excluding hydrogens is 538 g/mol. The van der Waals surface area contributed by atoms with Crippen LogP contribution in [0.25, 0.3) is 0 Å². The molecule has 0 spiro atoms. The molecule has 0 aliphatic carbocycles. The number of anilines is 1. The Morgan fingerprint density at radius 1 is 0.951 bits per heavy atom. The molecule has 1 atom stereocenters. The number of nitrogens with zero attached hydrogens (tertiary/aromatic N) is 2. The Morgan fingerprint density at radius 3 is 2.24 bits per heavy atom. The quantitative estimate of drug-likeness (QED) is 0.295. The molecule has 0 aromatic heterocycles. The maximum atomic E-state index is 14.1. The monoisotopic (exact) mass is 579 g/mol. The summed E-state index contributed by atoms with van der Waals surface area (Å²) in [5.74, 6) is -0.0180. The van der Waals surface area contributed by atoms with Gasteiger partial charge >= 0.3 is 0 Å². The number of methoxy groups -OCH3 is 1. The Morgan fingerprint density at radius 2 is 1.63 bits per heavy atom. The van der Waals surface area contributed by atoms with E-state index in [2.05, 4.69) is 5.32 Å². The van der Waals surface area contributed by atoms with E-state index in [1.807, 2.05) is 58.0 Å². The van der Waals surface area contributed by atoms with Crippen molar-refractivity contribution < 1.29 is 22.7 Å². The first-order valence-electron chi connectivity index (χ1n) is 13.9. The van der Waals surface area contributed by atoms with Crippen LogP contribution in [-0.4, -0.2) is 57.9 Å². The largest absolute Gasteiger partial charge is 0.497 e. The van der Waals surface area contributed by atoms with Crippen molar-refractivity contribution in [2.24, 2.45) is 5.92 Å². The second kappa shape index (κ2) is 14.7. The standard InChI is InChI=1S/C32H41N3O5S/c1-6-30(32(37)33-22-24(2)3)34(20-19-26-11-8-7-9-12-26)31(36)23-35(27-13-10-14-28(21-27)40-5)41(38,39)29-17-15-25(4)16-18-29/h7-18,21,24,30H,6,19-20,22-23H2,1-5H3,(H,33,37). The topological polar surface area (TPSA) is 96.0 Å². The summed E-state index contributed by atoms with van der Waals surface area (Å²) in [6.07, 6.45) is 0.902. The van der Waals surface area contributed by atoms with Gasteiger partial charge in [0.2, 0.25) is 11.8 Å². The summed E-state index contributed by atoms with van der Waals surface area (Å²) in [5.41, 5.74) is 2.22. The van der Waals surface area contributed by atoms with Gasteiger partial charge in [-0.15, -0.1) is 0 Å². The van der Waals surface area contributed by atoms with E-state index >= 15 is 0 Å². The number of benzene rings is 3. The Bertz CT molecular complexity index is 1390. The average Bonchev–Trinajstić information content (AvgIpc) is 2.97. The number of carbonyl (C=O) groups is 2. The van der Waals surface area contributed by atoms with Gasteiger partial charge in [-0.2, -0.15) is 0 Å². The minimum Gasteiger partial charge on any atom is -0.497 e. The summed E-state index contributed by atoms with van der Waals surface area (Å²) < 4.78 is 34.4.